The first-order valence-corrected chi connectivity index (χ1v) is 5.73. The van der Waals surface area contributed by atoms with Gasteiger partial charge in [-0.25, -0.2) is 9.59 Å². The first-order chi connectivity index (χ1) is 9.59. The normalized spacial score (nSPS) is 9.80. The molecule has 0 atom stereocenters. The van der Waals surface area contributed by atoms with E-state index in [0.29, 0.717) is 0 Å². The Morgan fingerprint density at radius 1 is 0.900 bits per heavy atom. The van der Waals surface area contributed by atoms with Gasteiger partial charge in [-0.3, -0.25) is 4.79 Å². The van der Waals surface area contributed by atoms with Crippen molar-refractivity contribution in [3.8, 4) is 5.75 Å². The van der Waals surface area contributed by atoms with Crippen LogP contribution in [-0.4, -0.2) is 17.0 Å². The number of carboxylic acids is 1. The van der Waals surface area contributed by atoms with Crippen LogP contribution in [-0.2, 0) is 0 Å². The summed E-state index contributed by atoms with van der Waals surface area (Å²) in [7, 11) is 0. The number of esters is 1. The van der Waals surface area contributed by atoms with Gasteiger partial charge < -0.3 is 9.84 Å². The van der Waals surface area contributed by atoms with Crippen LogP contribution in [0, 0.1) is 0 Å². The van der Waals surface area contributed by atoms with Crippen LogP contribution >= 0.6 is 0 Å². The van der Waals surface area contributed by atoms with Crippen LogP contribution in [0.3, 0.4) is 0 Å². The summed E-state index contributed by atoms with van der Waals surface area (Å²) < 4.78 is 4.97. The third kappa shape index (κ3) is 2.89. The zero-order chi connectivity index (χ0) is 14.5. The van der Waals surface area contributed by atoms with Gasteiger partial charge in [0.2, 0.25) is 5.43 Å². The SMILES string of the molecule is O=C(Oc1ccccc(C(=O)O)c1=O)c1ccccc1. The smallest absolute Gasteiger partial charge is 0.343 e. The second kappa shape index (κ2) is 5.79. The topological polar surface area (TPSA) is 80.7 Å². The predicted molar refractivity (Wildman–Crippen MR) is 71.1 cm³/mol. The van der Waals surface area contributed by atoms with Crippen LogP contribution < -0.4 is 10.2 Å². The van der Waals surface area contributed by atoms with E-state index in [1.807, 2.05) is 0 Å². The van der Waals surface area contributed by atoms with E-state index in [-0.39, 0.29) is 11.3 Å². The second-order valence-electron chi connectivity index (χ2n) is 3.89. The van der Waals surface area contributed by atoms with Crippen molar-refractivity contribution in [3.05, 3.63) is 75.9 Å². The van der Waals surface area contributed by atoms with Gasteiger partial charge in [0, 0.05) is 0 Å². The molecule has 0 radical (unpaired) electrons. The largest absolute Gasteiger partial charge is 0.478 e. The molecule has 0 heterocycles. The van der Waals surface area contributed by atoms with Crippen LogP contribution in [0.15, 0.2) is 59.4 Å². The lowest BCUT2D eigenvalue weighted by Crippen LogP contribution is -2.18. The van der Waals surface area contributed by atoms with Crippen LogP contribution in [0.4, 0.5) is 0 Å². The molecule has 0 amide bonds. The maximum Gasteiger partial charge on any atom is 0.343 e. The molecule has 0 aromatic heterocycles. The summed E-state index contributed by atoms with van der Waals surface area (Å²) in [6.07, 6.45) is 0. The molecular formula is C15H10O5. The van der Waals surface area contributed by atoms with Crippen LogP contribution in [0.25, 0.3) is 0 Å². The molecule has 1 N–H and O–H groups in total. The lowest BCUT2D eigenvalue weighted by atomic mass is 10.2. The first-order valence-electron chi connectivity index (χ1n) is 5.73. The zero-order valence-corrected chi connectivity index (χ0v) is 10.3. The number of benzene rings is 1. The number of rotatable bonds is 3. The first kappa shape index (κ1) is 13.5. The van der Waals surface area contributed by atoms with Gasteiger partial charge in [-0.2, -0.15) is 0 Å². The van der Waals surface area contributed by atoms with E-state index >= 15 is 0 Å². The molecule has 0 bridgehead atoms. The molecule has 5 nitrogen and oxygen atoms in total. The lowest BCUT2D eigenvalue weighted by Gasteiger charge is -2.01. The monoisotopic (exact) mass is 270 g/mol. The highest BCUT2D eigenvalue weighted by atomic mass is 16.5. The molecule has 0 unspecified atom stereocenters. The molecule has 0 aliphatic rings. The second-order valence-corrected chi connectivity index (χ2v) is 3.89. The Bertz CT molecular complexity index is 707. The molecule has 0 aliphatic heterocycles. The lowest BCUT2D eigenvalue weighted by molar-refractivity contribution is 0.0686. The Balaban J connectivity index is 2.38. The van der Waals surface area contributed by atoms with E-state index in [1.165, 1.54) is 30.3 Å². The number of carbonyl (C=O) groups is 2. The molecule has 0 spiro atoms. The summed E-state index contributed by atoms with van der Waals surface area (Å²) >= 11 is 0. The average Bonchev–Trinajstić information content (AvgIpc) is 2.62. The Morgan fingerprint density at radius 2 is 1.50 bits per heavy atom. The number of carbonyl (C=O) groups excluding carboxylic acids is 1. The predicted octanol–water partition coefficient (Wildman–Crippen LogP) is 1.96. The minimum Gasteiger partial charge on any atom is -0.478 e. The van der Waals surface area contributed by atoms with Gasteiger partial charge in [0.1, 0.15) is 5.56 Å². The Morgan fingerprint density at radius 3 is 2.15 bits per heavy atom. The number of hydrogen-bond acceptors (Lipinski definition) is 4. The van der Waals surface area contributed by atoms with Gasteiger partial charge in [-0.05, 0) is 24.3 Å². The average molecular weight is 270 g/mol. The minimum absolute atomic E-state index is 0.273. The molecule has 5 heteroatoms. The Hall–Kier alpha value is -2.95. The van der Waals surface area contributed by atoms with Crippen molar-refractivity contribution in [2.24, 2.45) is 0 Å². The Labute approximate surface area is 114 Å². The van der Waals surface area contributed by atoms with Gasteiger partial charge in [-0.1, -0.05) is 30.3 Å². The van der Waals surface area contributed by atoms with Crippen molar-refractivity contribution in [2.45, 2.75) is 0 Å². The minimum atomic E-state index is -1.37. The molecule has 0 saturated carbocycles. The van der Waals surface area contributed by atoms with Crippen LogP contribution in [0.5, 0.6) is 5.75 Å². The van der Waals surface area contributed by atoms with Gasteiger partial charge in [0.25, 0.3) is 0 Å². The molecule has 100 valence electrons. The number of hydrogen-bond donors (Lipinski definition) is 1. The van der Waals surface area contributed by atoms with E-state index in [0.717, 1.165) is 6.07 Å². The highest BCUT2D eigenvalue weighted by Gasteiger charge is 2.14. The summed E-state index contributed by atoms with van der Waals surface area (Å²) in [6.45, 7) is 0. The fourth-order valence-electron chi connectivity index (χ4n) is 1.56. The van der Waals surface area contributed by atoms with Crippen molar-refractivity contribution in [1.29, 1.82) is 0 Å². The van der Waals surface area contributed by atoms with E-state index in [2.05, 4.69) is 0 Å². The Kier molecular flexibility index (Phi) is 3.91. The quantitative estimate of drug-likeness (QED) is 0.862. The van der Waals surface area contributed by atoms with Crippen molar-refractivity contribution < 1.29 is 19.4 Å². The van der Waals surface area contributed by atoms with E-state index in [1.54, 1.807) is 18.2 Å². The standard InChI is InChI=1S/C15H10O5/c16-13-11(14(17)18)8-4-5-9-12(13)20-15(19)10-6-2-1-3-7-10/h1-9H,(H,17,18). The van der Waals surface area contributed by atoms with Gasteiger partial charge >= 0.3 is 11.9 Å². The van der Waals surface area contributed by atoms with Crippen molar-refractivity contribution in [2.75, 3.05) is 0 Å². The summed E-state index contributed by atoms with van der Waals surface area (Å²) in [5.74, 6) is -2.41. The van der Waals surface area contributed by atoms with Crippen molar-refractivity contribution >= 4 is 11.9 Å². The van der Waals surface area contributed by atoms with Gasteiger partial charge in [0.05, 0.1) is 5.56 Å². The van der Waals surface area contributed by atoms with E-state index in [9.17, 15) is 14.4 Å². The molecule has 20 heavy (non-hydrogen) atoms. The zero-order valence-electron chi connectivity index (χ0n) is 10.3. The molecule has 0 aliphatic carbocycles. The summed E-state index contributed by atoms with van der Waals surface area (Å²) in [5, 5.41) is 8.91. The molecule has 2 rings (SSSR count). The molecule has 2 aromatic rings. The van der Waals surface area contributed by atoms with E-state index < -0.39 is 22.9 Å². The molecule has 2 aromatic carbocycles. The molecule has 0 fully saturated rings. The number of ether oxygens (including phenoxy) is 1. The fourth-order valence-corrected chi connectivity index (χ4v) is 1.56. The highest BCUT2D eigenvalue weighted by molar-refractivity contribution is 5.91. The third-order valence-electron chi connectivity index (χ3n) is 2.53. The van der Waals surface area contributed by atoms with Crippen LogP contribution in [0.1, 0.15) is 20.7 Å². The number of aromatic carboxylic acids is 1. The maximum atomic E-state index is 11.9. The highest BCUT2D eigenvalue weighted by Crippen LogP contribution is 2.08. The summed E-state index contributed by atoms with van der Waals surface area (Å²) in [6, 6.07) is 13.4. The van der Waals surface area contributed by atoms with Crippen molar-refractivity contribution in [3.63, 3.8) is 0 Å². The molecule has 0 saturated heterocycles. The fraction of sp³-hybridized carbons (Fsp3) is 0. The van der Waals surface area contributed by atoms with Gasteiger partial charge in [-0.15, -0.1) is 0 Å². The van der Waals surface area contributed by atoms with E-state index in [4.69, 9.17) is 9.84 Å². The summed E-state index contributed by atoms with van der Waals surface area (Å²) in [5.41, 5.74) is -1.02. The number of carboxylic acid groups (broad SMARTS) is 1. The van der Waals surface area contributed by atoms with Crippen molar-refractivity contribution in [1.82, 2.24) is 0 Å². The maximum absolute atomic E-state index is 11.9. The summed E-state index contributed by atoms with van der Waals surface area (Å²) in [4.78, 5) is 34.7. The van der Waals surface area contributed by atoms with Crippen LogP contribution in [0.2, 0.25) is 0 Å². The molecular weight excluding hydrogens is 260 g/mol. The third-order valence-corrected chi connectivity index (χ3v) is 2.53. The van der Waals surface area contributed by atoms with Gasteiger partial charge in [0.15, 0.2) is 5.75 Å².